The van der Waals surface area contributed by atoms with Crippen LogP contribution < -0.4 is 20.7 Å². The van der Waals surface area contributed by atoms with Crippen molar-refractivity contribution in [3.05, 3.63) is 24.3 Å². The second-order valence-electron chi connectivity index (χ2n) is 6.91. The van der Waals surface area contributed by atoms with Crippen LogP contribution in [0.25, 0.3) is 0 Å². The third kappa shape index (κ3) is 4.74. The third-order valence-electron chi connectivity index (χ3n) is 4.96. The average Bonchev–Trinajstić information content (AvgIpc) is 2.69. The topological polar surface area (TPSA) is 105 Å². The van der Waals surface area contributed by atoms with E-state index in [1.807, 2.05) is 12.1 Å². The Labute approximate surface area is 170 Å². The molecule has 1 fully saturated rings. The quantitative estimate of drug-likeness (QED) is 0.737. The molecule has 9 heteroatoms. The highest BCUT2D eigenvalue weighted by Gasteiger charge is 2.35. The zero-order valence-electron chi connectivity index (χ0n) is 15.9. The van der Waals surface area contributed by atoms with Gasteiger partial charge >= 0.3 is 0 Å². The Kier molecular flexibility index (Phi) is 7.65. The Bertz CT molecular complexity index is 730. The summed E-state index contributed by atoms with van der Waals surface area (Å²) in [6.45, 7) is 3.40. The predicted molar refractivity (Wildman–Crippen MR) is 108 cm³/mol. The van der Waals surface area contributed by atoms with E-state index in [0.29, 0.717) is 37.6 Å². The van der Waals surface area contributed by atoms with E-state index in [2.05, 4.69) is 5.32 Å². The lowest BCUT2D eigenvalue weighted by Gasteiger charge is -2.36. The first kappa shape index (κ1) is 22.0. The van der Waals surface area contributed by atoms with E-state index >= 15 is 0 Å². The normalized spacial score (nSPS) is 21.3. The molecule has 2 atom stereocenters. The molecule has 1 saturated heterocycles. The van der Waals surface area contributed by atoms with E-state index < -0.39 is 6.10 Å². The molecule has 0 spiro atoms. The standard InChI is InChI=1S/C19H26N4O4.ClH/c1-13-19(26)23(15-6-2-3-7-16(15)27-13)12-17(24)22-10-4-5-14(11-22)18(25)21-9-8-20;/h2-3,6-7,13-14H,4-5,8-12,20H2,1H3,(H,21,25);1H. The van der Waals surface area contributed by atoms with Crippen LogP contribution in [0.1, 0.15) is 19.8 Å². The van der Waals surface area contributed by atoms with Gasteiger partial charge in [-0.2, -0.15) is 0 Å². The van der Waals surface area contributed by atoms with Gasteiger partial charge in [-0.3, -0.25) is 19.3 Å². The molecule has 1 aromatic carbocycles. The highest BCUT2D eigenvalue weighted by Crippen LogP contribution is 2.33. The van der Waals surface area contributed by atoms with Crippen LogP contribution in [-0.4, -0.2) is 61.4 Å². The first-order valence-electron chi connectivity index (χ1n) is 9.34. The Morgan fingerprint density at radius 2 is 2.07 bits per heavy atom. The molecule has 3 rings (SSSR count). The lowest BCUT2D eigenvalue weighted by Crippen LogP contribution is -2.52. The molecule has 0 bridgehead atoms. The molecule has 2 heterocycles. The maximum atomic E-state index is 12.9. The second-order valence-corrected chi connectivity index (χ2v) is 6.91. The molecule has 8 nitrogen and oxygen atoms in total. The molecule has 0 saturated carbocycles. The van der Waals surface area contributed by atoms with Crippen molar-refractivity contribution in [1.29, 1.82) is 0 Å². The number of halogens is 1. The SMILES string of the molecule is CC1Oc2ccccc2N(CC(=O)N2CCCC(C(=O)NCCN)C2)C1=O.Cl. The van der Waals surface area contributed by atoms with Crippen LogP contribution >= 0.6 is 12.4 Å². The minimum Gasteiger partial charge on any atom is -0.479 e. The molecular weight excluding hydrogens is 384 g/mol. The highest BCUT2D eigenvalue weighted by atomic mass is 35.5. The minimum absolute atomic E-state index is 0. The van der Waals surface area contributed by atoms with Gasteiger partial charge < -0.3 is 20.7 Å². The number of carbonyl (C=O) groups is 3. The molecule has 0 radical (unpaired) electrons. The van der Waals surface area contributed by atoms with E-state index in [9.17, 15) is 14.4 Å². The van der Waals surface area contributed by atoms with Crippen molar-refractivity contribution >= 4 is 35.8 Å². The van der Waals surface area contributed by atoms with Crippen LogP contribution in [-0.2, 0) is 14.4 Å². The maximum absolute atomic E-state index is 12.9. The van der Waals surface area contributed by atoms with Gasteiger partial charge in [-0.15, -0.1) is 12.4 Å². The van der Waals surface area contributed by atoms with E-state index in [1.165, 1.54) is 4.90 Å². The lowest BCUT2D eigenvalue weighted by molar-refractivity contribution is -0.136. The maximum Gasteiger partial charge on any atom is 0.268 e. The van der Waals surface area contributed by atoms with E-state index in [1.54, 1.807) is 24.0 Å². The van der Waals surface area contributed by atoms with Crippen LogP contribution in [0.5, 0.6) is 5.75 Å². The Hall–Kier alpha value is -2.32. The zero-order chi connectivity index (χ0) is 19.4. The van der Waals surface area contributed by atoms with Gasteiger partial charge in [-0.05, 0) is 31.9 Å². The molecule has 2 unspecified atom stereocenters. The van der Waals surface area contributed by atoms with Crippen molar-refractivity contribution in [3.8, 4) is 5.75 Å². The number of benzene rings is 1. The molecule has 0 aromatic heterocycles. The van der Waals surface area contributed by atoms with Crippen LogP contribution in [0.3, 0.4) is 0 Å². The van der Waals surface area contributed by atoms with Gasteiger partial charge in [0.15, 0.2) is 6.10 Å². The number of nitrogens with two attached hydrogens (primary N) is 1. The Balaban J connectivity index is 0.00000280. The minimum atomic E-state index is -0.635. The first-order valence-corrected chi connectivity index (χ1v) is 9.34. The van der Waals surface area contributed by atoms with Gasteiger partial charge in [0, 0.05) is 26.2 Å². The van der Waals surface area contributed by atoms with Gasteiger partial charge in [0.1, 0.15) is 12.3 Å². The largest absolute Gasteiger partial charge is 0.479 e. The van der Waals surface area contributed by atoms with Crippen molar-refractivity contribution in [2.75, 3.05) is 37.6 Å². The van der Waals surface area contributed by atoms with Crippen LogP contribution in [0.15, 0.2) is 24.3 Å². The van der Waals surface area contributed by atoms with Crippen molar-refractivity contribution in [3.63, 3.8) is 0 Å². The fourth-order valence-corrected chi connectivity index (χ4v) is 3.51. The van der Waals surface area contributed by atoms with E-state index in [4.69, 9.17) is 10.5 Å². The number of piperidine rings is 1. The summed E-state index contributed by atoms with van der Waals surface area (Å²) in [4.78, 5) is 40.7. The number of para-hydroxylation sites is 2. The van der Waals surface area contributed by atoms with Crippen molar-refractivity contribution in [1.82, 2.24) is 10.2 Å². The van der Waals surface area contributed by atoms with Gasteiger partial charge in [0.2, 0.25) is 11.8 Å². The number of rotatable bonds is 5. The highest BCUT2D eigenvalue weighted by molar-refractivity contribution is 6.03. The number of ether oxygens (including phenoxy) is 1. The van der Waals surface area contributed by atoms with E-state index in [-0.39, 0.29) is 42.6 Å². The zero-order valence-corrected chi connectivity index (χ0v) is 16.7. The van der Waals surface area contributed by atoms with E-state index in [0.717, 1.165) is 12.8 Å². The number of anilines is 1. The molecule has 3 amide bonds. The van der Waals surface area contributed by atoms with Gasteiger partial charge in [-0.25, -0.2) is 0 Å². The summed E-state index contributed by atoms with van der Waals surface area (Å²) in [5.41, 5.74) is 6.02. The number of fused-ring (bicyclic) bond motifs is 1. The number of amides is 3. The summed E-state index contributed by atoms with van der Waals surface area (Å²) >= 11 is 0. The number of nitrogens with one attached hydrogen (secondary N) is 1. The van der Waals surface area contributed by atoms with Gasteiger partial charge in [0.25, 0.3) is 5.91 Å². The smallest absolute Gasteiger partial charge is 0.268 e. The van der Waals surface area contributed by atoms with Crippen LogP contribution in [0, 0.1) is 5.92 Å². The fraction of sp³-hybridized carbons (Fsp3) is 0.526. The molecule has 2 aliphatic rings. The first-order chi connectivity index (χ1) is 13.0. The lowest BCUT2D eigenvalue weighted by atomic mass is 9.97. The summed E-state index contributed by atoms with van der Waals surface area (Å²) in [5, 5.41) is 2.79. The van der Waals surface area contributed by atoms with Crippen LogP contribution in [0.4, 0.5) is 5.69 Å². The molecular formula is C19H27ClN4O4. The number of nitrogens with zero attached hydrogens (tertiary/aromatic N) is 2. The summed E-state index contributed by atoms with van der Waals surface area (Å²) < 4.78 is 5.61. The molecule has 1 aromatic rings. The predicted octanol–water partition coefficient (Wildman–Crippen LogP) is 0.536. The average molecular weight is 411 g/mol. The van der Waals surface area contributed by atoms with Gasteiger partial charge in [-0.1, -0.05) is 12.1 Å². The van der Waals surface area contributed by atoms with Crippen molar-refractivity contribution in [2.24, 2.45) is 11.7 Å². The van der Waals surface area contributed by atoms with Crippen molar-refractivity contribution in [2.45, 2.75) is 25.9 Å². The second kappa shape index (κ2) is 9.75. The molecule has 0 aliphatic carbocycles. The molecule has 3 N–H and O–H groups in total. The molecule has 28 heavy (non-hydrogen) atoms. The number of likely N-dealkylation sites (tertiary alicyclic amines) is 1. The van der Waals surface area contributed by atoms with Gasteiger partial charge in [0.05, 0.1) is 11.6 Å². The Morgan fingerprint density at radius 3 is 2.82 bits per heavy atom. The third-order valence-corrected chi connectivity index (χ3v) is 4.96. The summed E-state index contributed by atoms with van der Waals surface area (Å²) in [6, 6.07) is 7.19. The number of carbonyl (C=O) groups excluding carboxylic acids is 3. The summed E-state index contributed by atoms with van der Waals surface area (Å²) in [6.07, 6.45) is 0.872. The number of hydrogen-bond donors (Lipinski definition) is 2. The summed E-state index contributed by atoms with van der Waals surface area (Å²) in [5.74, 6) is -0.116. The fourth-order valence-electron chi connectivity index (χ4n) is 3.51. The summed E-state index contributed by atoms with van der Waals surface area (Å²) in [7, 11) is 0. The van der Waals surface area contributed by atoms with Crippen molar-refractivity contribution < 1.29 is 19.1 Å². The molecule has 2 aliphatic heterocycles. The Morgan fingerprint density at radius 1 is 1.32 bits per heavy atom. The van der Waals surface area contributed by atoms with Crippen LogP contribution in [0.2, 0.25) is 0 Å². The number of hydrogen-bond acceptors (Lipinski definition) is 5. The molecule has 154 valence electrons. The monoisotopic (exact) mass is 410 g/mol.